The maximum atomic E-state index is 13.7. The molecule has 2 aromatic carbocycles. The molecule has 0 spiro atoms. The van der Waals surface area contributed by atoms with E-state index in [0.717, 1.165) is 6.07 Å². The lowest BCUT2D eigenvalue weighted by Crippen LogP contribution is -2.09. The number of halogens is 3. The zero-order valence-electron chi connectivity index (χ0n) is 10.1. The number of hydrogen-bond donors (Lipinski definition) is 2. The Morgan fingerprint density at radius 2 is 1.89 bits per heavy atom. The van der Waals surface area contributed by atoms with E-state index in [1.807, 2.05) is 0 Å². The van der Waals surface area contributed by atoms with Gasteiger partial charge in [-0.2, -0.15) is 0 Å². The van der Waals surface area contributed by atoms with Gasteiger partial charge in [0, 0.05) is 11.6 Å². The van der Waals surface area contributed by atoms with Crippen molar-refractivity contribution >= 4 is 17.3 Å². The highest BCUT2D eigenvalue weighted by atomic mass is 35.5. The molecule has 2 N–H and O–H groups in total. The maximum absolute atomic E-state index is 13.7. The molecular formula is C14H12ClF2NO. The van der Waals surface area contributed by atoms with E-state index in [9.17, 15) is 8.78 Å². The van der Waals surface area contributed by atoms with E-state index < -0.39 is 17.7 Å². The smallest absolute Gasteiger partial charge is 0.132 e. The Morgan fingerprint density at radius 1 is 1.16 bits per heavy atom. The van der Waals surface area contributed by atoms with Gasteiger partial charge in [-0.05, 0) is 31.2 Å². The predicted molar refractivity (Wildman–Crippen MR) is 71.5 cm³/mol. The number of hydrogen-bond acceptors (Lipinski definition) is 2. The average Bonchev–Trinajstić information content (AvgIpc) is 2.33. The Kier molecular flexibility index (Phi) is 3.90. The van der Waals surface area contributed by atoms with Gasteiger partial charge in [-0.1, -0.05) is 17.7 Å². The van der Waals surface area contributed by atoms with Crippen LogP contribution in [0.1, 0.15) is 18.5 Å². The lowest BCUT2D eigenvalue weighted by Gasteiger charge is -2.17. The number of nitrogens with one attached hydrogen (secondary N) is 1. The lowest BCUT2D eigenvalue weighted by molar-refractivity contribution is 0.467. The number of benzene rings is 2. The summed E-state index contributed by atoms with van der Waals surface area (Å²) in [6.07, 6.45) is 0. The summed E-state index contributed by atoms with van der Waals surface area (Å²) in [6, 6.07) is 7.40. The molecule has 0 aliphatic carbocycles. The van der Waals surface area contributed by atoms with Crippen LogP contribution in [0, 0.1) is 11.6 Å². The van der Waals surface area contributed by atoms with Gasteiger partial charge in [0.1, 0.15) is 17.4 Å². The molecule has 0 aliphatic rings. The van der Waals surface area contributed by atoms with Gasteiger partial charge in [0.15, 0.2) is 0 Å². The Bertz CT molecular complexity index is 604. The monoisotopic (exact) mass is 283 g/mol. The molecule has 0 saturated carbocycles. The van der Waals surface area contributed by atoms with Crippen LogP contribution in [0.3, 0.4) is 0 Å². The zero-order chi connectivity index (χ0) is 14.0. The molecule has 100 valence electrons. The van der Waals surface area contributed by atoms with Crippen molar-refractivity contribution in [1.82, 2.24) is 0 Å². The molecule has 0 fully saturated rings. The second-order valence-electron chi connectivity index (χ2n) is 4.20. The molecule has 2 nitrogen and oxygen atoms in total. The van der Waals surface area contributed by atoms with Crippen molar-refractivity contribution in [1.29, 1.82) is 0 Å². The first-order chi connectivity index (χ1) is 8.97. The van der Waals surface area contributed by atoms with Crippen molar-refractivity contribution in [2.75, 3.05) is 5.32 Å². The lowest BCUT2D eigenvalue weighted by atomic mass is 10.1. The van der Waals surface area contributed by atoms with E-state index in [0.29, 0.717) is 16.3 Å². The van der Waals surface area contributed by atoms with Crippen LogP contribution >= 0.6 is 11.6 Å². The molecule has 0 radical (unpaired) electrons. The highest BCUT2D eigenvalue weighted by Crippen LogP contribution is 2.28. The van der Waals surface area contributed by atoms with Crippen molar-refractivity contribution in [3.63, 3.8) is 0 Å². The van der Waals surface area contributed by atoms with Crippen LogP contribution in [0.4, 0.5) is 14.5 Å². The van der Waals surface area contributed by atoms with Crippen LogP contribution in [0.5, 0.6) is 5.75 Å². The fourth-order valence-electron chi connectivity index (χ4n) is 1.79. The number of anilines is 1. The Hall–Kier alpha value is -1.81. The third-order valence-electron chi connectivity index (χ3n) is 2.75. The minimum atomic E-state index is -0.535. The standard InChI is InChI=1S/C14H12ClF2NO/c1-8(11-4-3-10(19)7-13(11)17)18-14-6-9(16)2-5-12(14)15/h2-8,18-19H,1H3. The first kappa shape index (κ1) is 13.6. The van der Waals surface area contributed by atoms with E-state index in [1.54, 1.807) is 6.92 Å². The summed E-state index contributed by atoms with van der Waals surface area (Å²) in [7, 11) is 0. The second-order valence-corrected chi connectivity index (χ2v) is 4.60. The van der Waals surface area contributed by atoms with Crippen molar-refractivity contribution in [3.8, 4) is 5.75 Å². The molecule has 0 amide bonds. The van der Waals surface area contributed by atoms with E-state index in [1.165, 1.54) is 30.3 Å². The van der Waals surface area contributed by atoms with Crippen molar-refractivity contribution in [2.45, 2.75) is 13.0 Å². The van der Waals surface area contributed by atoms with E-state index in [4.69, 9.17) is 16.7 Å². The van der Waals surface area contributed by atoms with Gasteiger partial charge in [0.2, 0.25) is 0 Å². The molecule has 1 unspecified atom stereocenters. The highest BCUT2D eigenvalue weighted by molar-refractivity contribution is 6.33. The van der Waals surface area contributed by atoms with Gasteiger partial charge in [0.05, 0.1) is 16.8 Å². The topological polar surface area (TPSA) is 32.3 Å². The molecule has 2 rings (SSSR count). The molecular weight excluding hydrogens is 272 g/mol. The zero-order valence-corrected chi connectivity index (χ0v) is 10.9. The summed E-state index contributed by atoms with van der Waals surface area (Å²) >= 11 is 5.93. The van der Waals surface area contributed by atoms with Crippen LogP contribution in [0.25, 0.3) is 0 Å². The van der Waals surface area contributed by atoms with E-state index >= 15 is 0 Å². The summed E-state index contributed by atoms with van der Waals surface area (Å²) < 4.78 is 26.8. The minimum Gasteiger partial charge on any atom is -0.508 e. The number of rotatable bonds is 3. The SMILES string of the molecule is CC(Nc1cc(F)ccc1Cl)c1ccc(O)cc1F. The predicted octanol–water partition coefficient (Wildman–Crippen LogP) is 4.50. The Labute approximate surface area is 114 Å². The number of phenolic OH excluding ortho intramolecular Hbond substituents is 1. The third kappa shape index (κ3) is 3.15. The highest BCUT2D eigenvalue weighted by Gasteiger charge is 2.13. The van der Waals surface area contributed by atoms with Crippen molar-refractivity contribution < 1.29 is 13.9 Å². The molecule has 5 heteroatoms. The van der Waals surface area contributed by atoms with Crippen LogP contribution in [-0.4, -0.2) is 5.11 Å². The van der Waals surface area contributed by atoms with E-state index in [-0.39, 0.29) is 5.75 Å². The van der Waals surface area contributed by atoms with Gasteiger partial charge in [0.25, 0.3) is 0 Å². The summed E-state index contributed by atoms with van der Waals surface area (Å²) in [5.74, 6) is -1.10. The summed E-state index contributed by atoms with van der Waals surface area (Å²) in [5.41, 5.74) is 0.750. The Morgan fingerprint density at radius 3 is 2.58 bits per heavy atom. The first-order valence-corrected chi connectivity index (χ1v) is 6.05. The first-order valence-electron chi connectivity index (χ1n) is 5.67. The quantitative estimate of drug-likeness (QED) is 0.869. The summed E-state index contributed by atoms with van der Waals surface area (Å²) in [4.78, 5) is 0. The van der Waals surface area contributed by atoms with Gasteiger partial charge in [-0.3, -0.25) is 0 Å². The van der Waals surface area contributed by atoms with Crippen LogP contribution in [-0.2, 0) is 0 Å². The largest absolute Gasteiger partial charge is 0.508 e. The molecule has 2 aromatic rings. The van der Waals surface area contributed by atoms with Crippen LogP contribution in [0.2, 0.25) is 5.02 Å². The molecule has 19 heavy (non-hydrogen) atoms. The third-order valence-corrected chi connectivity index (χ3v) is 3.08. The van der Waals surface area contributed by atoms with Crippen LogP contribution < -0.4 is 5.32 Å². The summed E-state index contributed by atoms with van der Waals surface area (Å²) in [6.45, 7) is 1.72. The van der Waals surface area contributed by atoms with Gasteiger partial charge in [-0.25, -0.2) is 8.78 Å². The molecule has 0 bridgehead atoms. The van der Waals surface area contributed by atoms with Gasteiger partial charge < -0.3 is 10.4 Å². The fraction of sp³-hybridized carbons (Fsp3) is 0.143. The number of aromatic hydroxyl groups is 1. The molecule has 0 saturated heterocycles. The average molecular weight is 284 g/mol. The Balaban J connectivity index is 2.25. The van der Waals surface area contributed by atoms with Crippen molar-refractivity contribution in [3.05, 3.63) is 58.6 Å². The van der Waals surface area contributed by atoms with Crippen molar-refractivity contribution in [2.24, 2.45) is 0 Å². The fourth-order valence-corrected chi connectivity index (χ4v) is 1.96. The van der Waals surface area contributed by atoms with Crippen LogP contribution in [0.15, 0.2) is 36.4 Å². The second kappa shape index (κ2) is 5.45. The molecule has 1 atom stereocenters. The molecule has 0 heterocycles. The van der Waals surface area contributed by atoms with E-state index in [2.05, 4.69) is 5.32 Å². The molecule has 0 aromatic heterocycles. The molecule has 0 aliphatic heterocycles. The minimum absolute atomic E-state index is 0.141. The number of phenols is 1. The van der Waals surface area contributed by atoms with Gasteiger partial charge in [-0.15, -0.1) is 0 Å². The van der Waals surface area contributed by atoms with Gasteiger partial charge >= 0.3 is 0 Å². The summed E-state index contributed by atoms with van der Waals surface area (Å²) in [5, 5.41) is 12.4. The normalized spacial score (nSPS) is 12.2. The maximum Gasteiger partial charge on any atom is 0.132 e.